The van der Waals surface area contributed by atoms with Crippen LogP contribution in [0.1, 0.15) is 40.0 Å². The summed E-state index contributed by atoms with van der Waals surface area (Å²) >= 11 is 0. The van der Waals surface area contributed by atoms with E-state index < -0.39 is 0 Å². The van der Waals surface area contributed by atoms with E-state index in [0.29, 0.717) is 0 Å². The summed E-state index contributed by atoms with van der Waals surface area (Å²) in [6.07, 6.45) is 3.54. The lowest BCUT2D eigenvalue weighted by atomic mass is 10.2. The molecule has 0 aliphatic heterocycles. The highest BCUT2D eigenvalue weighted by atomic mass is 16.2. The monoisotopic (exact) mass is 172 g/mol. The van der Waals surface area contributed by atoms with E-state index in [1.54, 1.807) is 0 Å². The van der Waals surface area contributed by atoms with Crippen molar-refractivity contribution >= 4 is 5.91 Å². The van der Waals surface area contributed by atoms with Gasteiger partial charge in [0.25, 0.3) is 0 Å². The van der Waals surface area contributed by atoms with E-state index in [0.717, 1.165) is 13.0 Å². The first-order chi connectivity index (χ1) is 5.68. The molecule has 0 radical (unpaired) electrons. The molecular weight excluding hydrogens is 152 g/mol. The molecule has 0 aliphatic carbocycles. The smallest absolute Gasteiger partial charge is 0.236 e. The quantitative estimate of drug-likeness (QED) is 0.470. The minimum atomic E-state index is 0.0590. The fraction of sp³-hybridized carbons (Fsp3) is 0.889. The van der Waals surface area contributed by atoms with Crippen molar-refractivity contribution in [2.45, 2.75) is 40.0 Å². The summed E-state index contributed by atoms with van der Waals surface area (Å²) in [7, 11) is 0. The molecule has 0 unspecified atom stereocenters. The minimum Gasteiger partial charge on any atom is -0.291 e. The maximum Gasteiger partial charge on any atom is 0.236 e. The van der Waals surface area contributed by atoms with Gasteiger partial charge in [-0.25, -0.2) is 5.43 Å². The van der Waals surface area contributed by atoms with Crippen molar-refractivity contribution in [1.29, 1.82) is 0 Å². The second-order valence-corrected chi connectivity index (χ2v) is 3.28. The summed E-state index contributed by atoms with van der Waals surface area (Å²) in [6, 6.07) is 0. The number of hydrazine groups is 1. The van der Waals surface area contributed by atoms with Gasteiger partial charge in [0.2, 0.25) is 5.91 Å². The molecule has 0 aromatic rings. The number of hydrogen-bond acceptors (Lipinski definition) is 2. The Labute approximate surface area is 74.9 Å². The first-order valence-electron chi connectivity index (χ1n) is 4.71. The van der Waals surface area contributed by atoms with Gasteiger partial charge in [-0.3, -0.25) is 10.2 Å². The Bertz CT molecular complexity index is 124. The molecule has 0 spiro atoms. The molecule has 0 saturated carbocycles. The highest BCUT2D eigenvalue weighted by Gasteiger charge is 2.03. The topological polar surface area (TPSA) is 41.1 Å². The van der Waals surface area contributed by atoms with Gasteiger partial charge in [0, 0.05) is 12.5 Å². The average molecular weight is 172 g/mol. The number of hydrogen-bond donors (Lipinski definition) is 2. The van der Waals surface area contributed by atoms with Crippen LogP contribution in [0, 0.1) is 5.92 Å². The maximum atomic E-state index is 11.0. The highest BCUT2D eigenvalue weighted by molar-refractivity contribution is 5.77. The van der Waals surface area contributed by atoms with Crippen molar-refractivity contribution in [1.82, 2.24) is 10.9 Å². The van der Waals surface area contributed by atoms with Crippen molar-refractivity contribution in [3.05, 3.63) is 0 Å². The predicted molar refractivity (Wildman–Crippen MR) is 50.5 cm³/mol. The third kappa shape index (κ3) is 6.16. The van der Waals surface area contributed by atoms with Gasteiger partial charge in [0.05, 0.1) is 0 Å². The molecule has 0 bridgehead atoms. The third-order valence-electron chi connectivity index (χ3n) is 1.64. The summed E-state index contributed by atoms with van der Waals surface area (Å²) in [5.41, 5.74) is 5.55. The Hall–Kier alpha value is -0.570. The lowest BCUT2D eigenvalue weighted by Crippen LogP contribution is -2.40. The van der Waals surface area contributed by atoms with E-state index in [1.165, 1.54) is 12.8 Å². The Kier molecular flexibility index (Phi) is 6.76. The molecule has 72 valence electrons. The third-order valence-corrected chi connectivity index (χ3v) is 1.64. The second-order valence-electron chi connectivity index (χ2n) is 3.28. The maximum absolute atomic E-state index is 11.0. The standard InChI is InChI=1S/C9H20N2O/c1-4-5-6-7-10-11-9(12)8(2)3/h8,10H,4-7H2,1-3H3,(H,11,12). The number of unbranched alkanes of at least 4 members (excludes halogenated alkanes) is 2. The van der Waals surface area contributed by atoms with E-state index in [2.05, 4.69) is 17.8 Å². The number of nitrogens with one attached hydrogen (secondary N) is 2. The van der Waals surface area contributed by atoms with Gasteiger partial charge >= 0.3 is 0 Å². The average Bonchev–Trinajstić information content (AvgIpc) is 2.03. The summed E-state index contributed by atoms with van der Waals surface area (Å²) < 4.78 is 0. The molecule has 1 amide bonds. The lowest BCUT2D eigenvalue weighted by Gasteiger charge is -2.08. The Morgan fingerprint density at radius 2 is 2.00 bits per heavy atom. The van der Waals surface area contributed by atoms with Crippen molar-refractivity contribution in [2.24, 2.45) is 5.92 Å². The van der Waals surface area contributed by atoms with Crippen LogP contribution in [-0.2, 0) is 4.79 Å². The van der Waals surface area contributed by atoms with Crippen molar-refractivity contribution in [2.75, 3.05) is 6.54 Å². The number of carbonyl (C=O) groups excluding carboxylic acids is 1. The van der Waals surface area contributed by atoms with Crippen LogP contribution in [0.5, 0.6) is 0 Å². The number of carbonyl (C=O) groups is 1. The van der Waals surface area contributed by atoms with Crippen LogP contribution in [0.25, 0.3) is 0 Å². The normalized spacial score (nSPS) is 10.3. The van der Waals surface area contributed by atoms with Gasteiger partial charge in [-0.1, -0.05) is 33.6 Å². The molecule has 0 atom stereocenters. The molecule has 0 heterocycles. The Morgan fingerprint density at radius 1 is 1.33 bits per heavy atom. The zero-order valence-corrected chi connectivity index (χ0v) is 8.31. The molecule has 0 aromatic heterocycles. The zero-order chi connectivity index (χ0) is 9.40. The lowest BCUT2D eigenvalue weighted by molar-refractivity contribution is -0.125. The summed E-state index contributed by atoms with van der Waals surface area (Å²) in [4.78, 5) is 11.0. The molecule has 3 heteroatoms. The largest absolute Gasteiger partial charge is 0.291 e. The van der Waals surface area contributed by atoms with E-state index in [4.69, 9.17) is 0 Å². The van der Waals surface area contributed by atoms with E-state index in [9.17, 15) is 4.79 Å². The fourth-order valence-electron chi connectivity index (χ4n) is 0.757. The van der Waals surface area contributed by atoms with Crippen LogP contribution >= 0.6 is 0 Å². The van der Waals surface area contributed by atoms with E-state index in [1.807, 2.05) is 13.8 Å². The van der Waals surface area contributed by atoms with Gasteiger partial charge in [-0.15, -0.1) is 0 Å². The molecule has 0 aromatic carbocycles. The summed E-state index contributed by atoms with van der Waals surface area (Å²) in [5.74, 6) is 0.121. The number of amides is 1. The predicted octanol–water partition coefficient (Wildman–Crippen LogP) is 1.45. The molecular formula is C9H20N2O. The van der Waals surface area contributed by atoms with Crippen LogP contribution in [0.3, 0.4) is 0 Å². The summed E-state index contributed by atoms with van der Waals surface area (Å²) in [6.45, 7) is 6.78. The summed E-state index contributed by atoms with van der Waals surface area (Å²) in [5, 5.41) is 0. The van der Waals surface area contributed by atoms with Crippen LogP contribution < -0.4 is 10.9 Å². The molecule has 0 saturated heterocycles. The van der Waals surface area contributed by atoms with Gasteiger partial charge < -0.3 is 0 Å². The van der Waals surface area contributed by atoms with Crippen molar-refractivity contribution < 1.29 is 4.79 Å². The highest BCUT2D eigenvalue weighted by Crippen LogP contribution is 1.91. The first-order valence-corrected chi connectivity index (χ1v) is 4.71. The number of rotatable bonds is 6. The van der Waals surface area contributed by atoms with Crippen LogP contribution in [-0.4, -0.2) is 12.5 Å². The van der Waals surface area contributed by atoms with E-state index >= 15 is 0 Å². The van der Waals surface area contributed by atoms with Crippen LogP contribution in [0.15, 0.2) is 0 Å². The minimum absolute atomic E-state index is 0.0590. The molecule has 3 nitrogen and oxygen atoms in total. The van der Waals surface area contributed by atoms with Crippen LogP contribution in [0.2, 0.25) is 0 Å². The van der Waals surface area contributed by atoms with Crippen LogP contribution in [0.4, 0.5) is 0 Å². The Morgan fingerprint density at radius 3 is 2.50 bits per heavy atom. The fourth-order valence-corrected chi connectivity index (χ4v) is 0.757. The van der Waals surface area contributed by atoms with Gasteiger partial charge in [-0.2, -0.15) is 0 Å². The zero-order valence-electron chi connectivity index (χ0n) is 8.31. The van der Waals surface area contributed by atoms with Gasteiger partial charge in [-0.05, 0) is 6.42 Å². The Balaban J connectivity index is 3.14. The first kappa shape index (κ1) is 11.4. The van der Waals surface area contributed by atoms with E-state index in [-0.39, 0.29) is 11.8 Å². The molecule has 0 aliphatic rings. The van der Waals surface area contributed by atoms with Crippen molar-refractivity contribution in [3.8, 4) is 0 Å². The van der Waals surface area contributed by atoms with Crippen molar-refractivity contribution in [3.63, 3.8) is 0 Å². The second kappa shape index (κ2) is 7.10. The molecule has 0 rings (SSSR count). The van der Waals surface area contributed by atoms with Gasteiger partial charge in [0.1, 0.15) is 0 Å². The van der Waals surface area contributed by atoms with Gasteiger partial charge in [0.15, 0.2) is 0 Å². The molecule has 0 fully saturated rings. The molecule has 2 N–H and O–H groups in total. The molecule has 12 heavy (non-hydrogen) atoms. The SMILES string of the molecule is CCCCCNNC(=O)C(C)C.